The first kappa shape index (κ1) is 9.90. The van der Waals surface area contributed by atoms with E-state index in [1.165, 1.54) is 7.11 Å². The van der Waals surface area contributed by atoms with Crippen LogP contribution in [-0.4, -0.2) is 11.5 Å². The van der Waals surface area contributed by atoms with Gasteiger partial charge in [-0.25, -0.2) is 0 Å². The number of thiol groups is 1. The van der Waals surface area contributed by atoms with Crippen molar-refractivity contribution in [3.8, 4) is 0 Å². The molecule has 0 aromatic rings. The molecular formula is C2H4CuOS2. The van der Waals surface area contributed by atoms with Gasteiger partial charge in [0.05, 0.1) is 7.11 Å². The molecule has 0 aromatic carbocycles. The summed E-state index contributed by atoms with van der Waals surface area (Å²) < 4.78 is 4.63. The van der Waals surface area contributed by atoms with Crippen LogP contribution in [0.5, 0.6) is 0 Å². The van der Waals surface area contributed by atoms with Crippen molar-refractivity contribution in [3.63, 3.8) is 0 Å². The molecule has 1 radical (unpaired) electrons. The van der Waals surface area contributed by atoms with Gasteiger partial charge in [0.15, 0.2) is 0 Å². The van der Waals surface area contributed by atoms with E-state index in [2.05, 4.69) is 29.6 Å². The van der Waals surface area contributed by atoms with Crippen LogP contribution in [0.25, 0.3) is 0 Å². The van der Waals surface area contributed by atoms with E-state index in [1.54, 1.807) is 0 Å². The quantitative estimate of drug-likeness (QED) is 0.329. The van der Waals surface area contributed by atoms with Gasteiger partial charge in [-0.2, -0.15) is 0 Å². The summed E-state index contributed by atoms with van der Waals surface area (Å²) in [6.45, 7) is 0. The zero-order valence-electron chi connectivity index (χ0n) is 3.07. The fraction of sp³-hybridized carbons (Fsp3) is 0.500. The van der Waals surface area contributed by atoms with Gasteiger partial charge in [-0.3, -0.25) is 0 Å². The van der Waals surface area contributed by atoms with Crippen LogP contribution in [-0.2, 0) is 21.8 Å². The van der Waals surface area contributed by atoms with Crippen molar-refractivity contribution >= 4 is 29.2 Å². The monoisotopic (exact) mass is 171 g/mol. The molecule has 0 saturated heterocycles. The maximum absolute atomic E-state index is 4.35. The van der Waals surface area contributed by atoms with Crippen LogP contribution in [0.2, 0.25) is 0 Å². The van der Waals surface area contributed by atoms with Crippen LogP contribution in [0, 0.1) is 0 Å². The predicted octanol–water partition coefficient (Wildman–Crippen LogP) is 0.845. The zero-order valence-corrected chi connectivity index (χ0v) is 5.72. The van der Waals surface area contributed by atoms with Crippen molar-refractivity contribution in [2.75, 3.05) is 7.11 Å². The Balaban J connectivity index is 0. The van der Waals surface area contributed by atoms with E-state index in [0.29, 0.717) is 0 Å². The summed E-state index contributed by atoms with van der Waals surface area (Å²) in [5.74, 6) is 0. The molecule has 0 aromatic heterocycles. The Bertz CT molecular complexity index is 46.8. The minimum atomic E-state index is 0. The minimum absolute atomic E-state index is 0. The second-order valence-electron chi connectivity index (χ2n) is 0.470. The molecule has 0 aliphatic carbocycles. The third-order valence-corrected chi connectivity index (χ3v) is 0.524. The third kappa shape index (κ3) is 8.83. The van der Waals surface area contributed by atoms with Crippen molar-refractivity contribution in [3.05, 3.63) is 0 Å². The van der Waals surface area contributed by atoms with E-state index >= 15 is 0 Å². The largest absolute Gasteiger partial charge is 0.482 e. The van der Waals surface area contributed by atoms with E-state index < -0.39 is 0 Å². The molecule has 1 nitrogen and oxygen atoms in total. The van der Waals surface area contributed by atoms with Crippen molar-refractivity contribution in [2.45, 2.75) is 0 Å². The van der Waals surface area contributed by atoms with Crippen LogP contribution in [0.15, 0.2) is 0 Å². The molecule has 0 fully saturated rings. The van der Waals surface area contributed by atoms with Crippen LogP contribution >= 0.6 is 24.8 Å². The van der Waals surface area contributed by atoms with Gasteiger partial charge in [0.2, 0.25) is 4.38 Å². The molecule has 0 aliphatic heterocycles. The van der Waals surface area contributed by atoms with Gasteiger partial charge in [-0.05, 0) is 12.2 Å². The predicted molar refractivity (Wildman–Crippen MR) is 28.6 cm³/mol. The van der Waals surface area contributed by atoms with Crippen molar-refractivity contribution < 1.29 is 21.8 Å². The molecular weight excluding hydrogens is 168 g/mol. The number of ether oxygens (including phenoxy) is 1. The number of thiocarbonyl (C=S) groups is 1. The van der Waals surface area contributed by atoms with Crippen LogP contribution in [0.4, 0.5) is 0 Å². The second-order valence-corrected chi connectivity index (χ2v) is 1.55. The Labute approximate surface area is 58.3 Å². The molecule has 0 spiro atoms. The van der Waals surface area contributed by atoms with Crippen molar-refractivity contribution in [2.24, 2.45) is 0 Å². The zero-order chi connectivity index (χ0) is 4.28. The molecule has 41 valence electrons. The SMILES string of the molecule is COC(=S)S.[Cu]. The Morgan fingerprint density at radius 2 is 2.00 bits per heavy atom. The smallest absolute Gasteiger partial charge is 0.216 e. The Kier molecular flexibility index (Phi) is 9.50. The average Bonchev–Trinajstić information content (AvgIpc) is 1.38. The molecule has 0 saturated carbocycles. The van der Waals surface area contributed by atoms with Gasteiger partial charge in [0.1, 0.15) is 0 Å². The number of hydrogen-bond acceptors (Lipinski definition) is 2. The van der Waals surface area contributed by atoms with E-state index in [1.807, 2.05) is 0 Å². The first-order chi connectivity index (χ1) is 2.27. The first-order valence-corrected chi connectivity index (χ1v) is 1.90. The maximum Gasteiger partial charge on any atom is 0.216 e. The summed E-state index contributed by atoms with van der Waals surface area (Å²) in [5, 5.41) is 0. The van der Waals surface area contributed by atoms with Crippen LogP contribution in [0.3, 0.4) is 0 Å². The summed E-state index contributed by atoms with van der Waals surface area (Å²) in [6, 6.07) is 0. The van der Waals surface area contributed by atoms with Crippen LogP contribution < -0.4 is 0 Å². The van der Waals surface area contributed by atoms with E-state index in [4.69, 9.17) is 0 Å². The number of methoxy groups -OCH3 is 1. The van der Waals surface area contributed by atoms with Gasteiger partial charge >= 0.3 is 0 Å². The molecule has 6 heavy (non-hydrogen) atoms. The normalized spacial score (nSPS) is 5.67. The summed E-state index contributed by atoms with van der Waals surface area (Å²) in [5.41, 5.74) is 0. The maximum atomic E-state index is 4.35. The van der Waals surface area contributed by atoms with Gasteiger partial charge in [-0.15, -0.1) is 0 Å². The summed E-state index contributed by atoms with van der Waals surface area (Å²) in [6.07, 6.45) is 0. The topological polar surface area (TPSA) is 9.23 Å². The molecule has 0 unspecified atom stereocenters. The molecule has 0 aliphatic rings. The third-order valence-electron chi connectivity index (χ3n) is 0.175. The minimum Gasteiger partial charge on any atom is -0.482 e. The summed E-state index contributed by atoms with van der Waals surface area (Å²) in [7, 11) is 1.48. The van der Waals surface area contributed by atoms with Gasteiger partial charge in [-0.1, -0.05) is 12.6 Å². The van der Waals surface area contributed by atoms with Crippen LogP contribution in [0.1, 0.15) is 0 Å². The van der Waals surface area contributed by atoms with E-state index in [-0.39, 0.29) is 21.5 Å². The molecule has 0 atom stereocenters. The second kappa shape index (κ2) is 5.76. The summed E-state index contributed by atoms with van der Waals surface area (Å²) >= 11 is 7.95. The Hall–Kier alpha value is 0.759. The van der Waals surface area contributed by atoms with E-state index in [0.717, 1.165) is 0 Å². The van der Waals surface area contributed by atoms with Gasteiger partial charge in [0, 0.05) is 17.1 Å². The van der Waals surface area contributed by atoms with E-state index in [9.17, 15) is 0 Å². The molecule has 0 N–H and O–H groups in total. The van der Waals surface area contributed by atoms with Gasteiger partial charge < -0.3 is 4.74 Å². The van der Waals surface area contributed by atoms with Crippen molar-refractivity contribution in [1.29, 1.82) is 0 Å². The summed E-state index contributed by atoms with van der Waals surface area (Å²) in [4.78, 5) is 0. The first-order valence-electron chi connectivity index (χ1n) is 1.04. The number of hydrogen-bond donors (Lipinski definition) is 1. The molecule has 4 heteroatoms. The Morgan fingerprint density at radius 3 is 2.00 bits per heavy atom. The fourth-order valence-electron chi connectivity index (χ4n) is 0. The average molecular weight is 172 g/mol. The molecule has 0 rings (SSSR count). The molecule has 0 amide bonds. The fourth-order valence-corrected chi connectivity index (χ4v) is 0. The number of rotatable bonds is 0. The molecule has 0 heterocycles. The van der Waals surface area contributed by atoms with Crippen molar-refractivity contribution in [1.82, 2.24) is 0 Å². The standard InChI is InChI=1S/C2H4OS2.Cu/c1-3-2(4)5;/h1H3,(H,4,5);. The Morgan fingerprint density at radius 1 is 1.83 bits per heavy atom. The van der Waals surface area contributed by atoms with Gasteiger partial charge in [0.25, 0.3) is 0 Å². The molecule has 0 bridgehead atoms.